The topological polar surface area (TPSA) is 3.24 Å². The summed E-state index contributed by atoms with van der Waals surface area (Å²) in [7, 11) is 0. The zero-order valence-corrected chi connectivity index (χ0v) is 32.5. The van der Waals surface area contributed by atoms with E-state index in [2.05, 4.69) is 241 Å². The third-order valence-corrected chi connectivity index (χ3v) is 11.8. The molecule has 0 aliphatic rings. The molecule has 0 atom stereocenters. The summed E-state index contributed by atoms with van der Waals surface area (Å²) in [4.78, 5) is 2.44. The van der Waals surface area contributed by atoms with Crippen LogP contribution in [0.3, 0.4) is 0 Å². The van der Waals surface area contributed by atoms with E-state index in [1.165, 1.54) is 87.6 Å². The molecule has 0 saturated heterocycles. The van der Waals surface area contributed by atoms with Crippen LogP contribution in [0.25, 0.3) is 87.6 Å². The predicted octanol–water partition coefficient (Wildman–Crippen LogP) is 16.4. The minimum atomic E-state index is 1.09. The van der Waals surface area contributed by atoms with Gasteiger partial charge in [-0.2, -0.15) is 0 Å². The van der Waals surface area contributed by atoms with E-state index in [1.807, 2.05) is 0 Å². The van der Waals surface area contributed by atoms with Crippen LogP contribution in [0.5, 0.6) is 0 Å². The quantitative estimate of drug-likeness (QED) is 0.147. The lowest BCUT2D eigenvalue weighted by molar-refractivity contribution is 1.29. The molecule has 0 saturated carbocycles. The highest BCUT2D eigenvalue weighted by molar-refractivity contribution is 6.22. The molecule has 0 aliphatic carbocycles. The van der Waals surface area contributed by atoms with Gasteiger partial charge >= 0.3 is 0 Å². The lowest BCUT2D eigenvalue weighted by Gasteiger charge is -2.28. The predicted molar refractivity (Wildman–Crippen MR) is 253 cm³/mol. The van der Waals surface area contributed by atoms with E-state index < -0.39 is 0 Å². The van der Waals surface area contributed by atoms with Crippen LogP contribution in [0.15, 0.2) is 237 Å². The van der Waals surface area contributed by atoms with Crippen molar-refractivity contribution in [2.24, 2.45) is 0 Å². The summed E-state index contributed by atoms with van der Waals surface area (Å²) >= 11 is 0. The summed E-state index contributed by atoms with van der Waals surface area (Å²) < 4.78 is 0. The van der Waals surface area contributed by atoms with E-state index >= 15 is 0 Å². The Kier molecular flexibility index (Phi) is 8.56. The van der Waals surface area contributed by atoms with Crippen molar-refractivity contribution in [3.63, 3.8) is 0 Å². The average molecular weight is 750 g/mol. The lowest BCUT2D eigenvalue weighted by Crippen LogP contribution is -2.10. The van der Waals surface area contributed by atoms with Crippen LogP contribution < -0.4 is 4.90 Å². The van der Waals surface area contributed by atoms with Crippen LogP contribution in [0.4, 0.5) is 17.1 Å². The molecule has 11 aromatic rings. The van der Waals surface area contributed by atoms with Gasteiger partial charge in [0.05, 0.1) is 0 Å². The van der Waals surface area contributed by atoms with Gasteiger partial charge in [0.2, 0.25) is 0 Å². The number of rotatable bonds is 7. The Labute approximate surface area is 344 Å². The number of hydrogen-bond acceptors (Lipinski definition) is 1. The number of nitrogens with zero attached hydrogens (tertiary/aromatic N) is 1. The molecule has 0 spiro atoms. The first-order chi connectivity index (χ1) is 29.3. The van der Waals surface area contributed by atoms with Gasteiger partial charge in [-0.25, -0.2) is 0 Å². The molecule has 59 heavy (non-hydrogen) atoms. The molecular weight excluding hydrogens is 711 g/mol. The molecule has 11 aromatic carbocycles. The van der Waals surface area contributed by atoms with E-state index in [0.29, 0.717) is 0 Å². The molecule has 0 bridgehead atoms. The summed E-state index contributed by atoms with van der Waals surface area (Å²) in [5.41, 5.74) is 12.9. The minimum absolute atomic E-state index is 1.09. The van der Waals surface area contributed by atoms with Crippen molar-refractivity contribution in [1.29, 1.82) is 0 Å². The molecule has 0 radical (unpaired) electrons. The van der Waals surface area contributed by atoms with Crippen molar-refractivity contribution in [3.05, 3.63) is 237 Å². The van der Waals surface area contributed by atoms with Crippen LogP contribution in [0, 0.1) is 0 Å². The first-order valence-corrected chi connectivity index (χ1v) is 20.3. The van der Waals surface area contributed by atoms with Gasteiger partial charge in [-0.05, 0) is 130 Å². The van der Waals surface area contributed by atoms with Gasteiger partial charge in [0.1, 0.15) is 0 Å². The summed E-state index contributed by atoms with van der Waals surface area (Å²) in [6.07, 6.45) is 0. The van der Waals surface area contributed by atoms with Crippen LogP contribution in [-0.2, 0) is 0 Å². The third-order valence-electron chi connectivity index (χ3n) is 11.8. The van der Waals surface area contributed by atoms with Crippen molar-refractivity contribution in [3.8, 4) is 44.5 Å². The molecule has 0 aromatic heterocycles. The normalized spacial score (nSPS) is 11.4. The first kappa shape index (κ1) is 34.5. The largest absolute Gasteiger partial charge is 0.310 e. The Hall–Kier alpha value is -7.74. The fourth-order valence-corrected chi connectivity index (χ4v) is 9.06. The Bertz CT molecular complexity index is 3320. The average Bonchev–Trinajstić information content (AvgIpc) is 3.31. The summed E-state index contributed by atoms with van der Waals surface area (Å²) in [6, 6.07) is 86.4. The van der Waals surface area contributed by atoms with Gasteiger partial charge in [0, 0.05) is 17.1 Å². The van der Waals surface area contributed by atoms with Crippen LogP contribution >= 0.6 is 0 Å². The fraction of sp³-hybridized carbons (Fsp3) is 0. The first-order valence-electron chi connectivity index (χ1n) is 20.3. The second-order valence-corrected chi connectivity index (χ2v) is 15.3. The van der Waals surface area contributed by atoms with Crippen LogP contribution in [0.2, 0.25) is 0 Å². The summed E-state index contributed by atoms with van der Waals surface area (Å²) in [6.45, 7) is 0. The molecule has 11 rings (SSSR count). The maximum absolute atomic E-state index is 2.44. The molecule has 1 heteroatoms. The van der Waals surface area contributed by atoms with Crippen LogP contribution in [-0.4, -0.2) is 0 Å². The zero-order chi connectivity index (χ0) is 39.1. The van der Waals surface area contributed by atoms with E-state index in [0.717, 1.165) is 17.1 Å². The second-order valence-electron chi connectivity index (χ2n) is 15.3. The van der Waals surface area contributed by atoms with Gasteiger partial charge in [-0.15, -0.1) is 0 Å². The highest BCUT2D eigenvalue weighted by Gasteiger charge is 2.21. The standard InChI is InChI=1S/C58H39N/c1-3-18-42(19-4-1)57-55-30-12-11-29-53(55)54-35-34-50(39-56(54)58(57)43-20-5-2-6-21-43)59(48-26-13-24-45(37-48)46-33-32-40-16-7-8-22-44(40)36-46)49-27-14-25-47(38-49)52-31-15-23-41-17-9-10-28-51(41)52/h1-39H. The molecule has 0 fully saturated rings. The van der Waals surface area contributed by atoms with Gasteiger partial charge in [-0.3, -0.25) is 0 Å². The van der Waals surface area contributed by atoms with Crippen molar-refractivity contribution in [2.45, 2.75) is 0 Å². The van der Waals surface area contributed by atoms with E-state index in [9.17, 15) is 0 Å². The zero-order valence-electron chi connectivity index (χ0n) is 32.5. The molecule has 0 aliphatic heterocycles. The summed E-state index contributed by atoms with van der Waals surface area (Å²) in [5.74, 6) is 0. The van der Waals surface area contributed by atoms with Gasteiger partial charge < -0.3 is 4.90 Å². The smallest absolute Gasteiger partial charge is 0.0468 e. The summed E-state index contributed by atoms with van der Waals surface area (Å²) in [5, 5.41) is 9.90. The monoisotopic (exact) mass is 749 g/mol. The Morgan fingerprint density at radius 1 is 0.220 bits per heavy atom. The maximum Gasteiger partial charge on any atom is 0.0468 e. The molecule has 0 unspecified atom stereocenters. The maximum atomic E-state index is 2.44. The Morgan fingerprint density at radius 2 is 0.712 bits per heavy atom. The highest BCUT2D eigenvalue weighted by Crippen LogP contribution is 2.47. The SMILES string of the molecule is c1ccc(-c2c(-c3ccccc3)c3cc(N(c4cccc(-c5ccc6ccccc6c5)c4)c4cccc(-c5cccc6ccccc56)c4)ccc3c3ccccc23)cc1. The van der Waals surface area contributed by atoms with Gasteiger partial charge in [-0.1, -0.05) is 194 Å². The van der Waals surface area contributed by atoms with Gasteiger partial charge in [0.25, 0.3) is 0 Å². The molecule has 0 heterocycles. The number of hydrogen-bond donors (Lipinski definition) is 0. The highest BCUT2D eigenvalue weighted by atomic mass is 15.1. The van der Waals surface area contributed by atoms with E-state index in [1.54, 1.807) is 0 Å². The van der Waals surface area contributed by atoms with Crippen molar-refractivity contribution >= 4 is 60.2 Å². The lowest BCUT2D eigenvalue weighted by atomic mass is 9.85. The van der Waals surface area contributed by atoms with E-state index in [4.69, 9.17) is 0 Å². The fourth-order valence-electron chi connectivity index (χ4n) is 9.06. The van der Waals surface area contributed by atoms with Crippen LogP contribution in [0.1, 0.15) is 0 Å². The molecule has 276 valence electrons. The van der Waals surface area contributed by atoms with E-state index in [-0.39, 0.29) is 0 Å². The minimum Gasteiger partial charge on any atom is -0.310 e. The van der Waals surface area contributed by atoms with Crippen molar-refractivity contribution in [2.75, 3.05) is 4.90 Å². The molecule has 0 amide bonds. The second kappa shape index (κ2) is 14.6. The number of fused-ring (bicyclic) bond motifs is 5. The molecule has 0 N–H and O–H groups in total. The third kappa shape index (κ3) is 6.21. The van der Waals surface area contributed by atoms with Crippen molar-refractivity contribution < 1.29 is 0 Å². The molecule has 1 nitrogen and oxygen atoms in total. The Balaban J connectivity index is 1.18. The Morgan fingerprint density at radius 3 is 1.46 bits per heavy atom. The van der Waals surface area contributed by atoms with Gasteiger partial charge in [0.15, 0.2) is 0 Å². The number of benzene rings is 11. The van der Waals surface area contributed by atoms with Crippen molar-refractivity contribution in [1.82, 2.24) is 0 Å². The number of anilines is 3. The molecular formula is C58H39N.